The Kier molecular flexibility index (Phi) is 5.04. The van der Waals surface area contributed by atoms with Crippen molar-refractivity contribution in [3.05, 3.63) is 29.8 Å². The molecule has 3 nitrogen and oxygen atoms in total. The molecule has 1 aliphatic rings. The van der Waals surface area contributed by atoms with Gasteiger partial charge in [-0.1, -0.05) is 39.0 Å². The van der Waals surface area contributed by atoms with Gasteiger partial charge in [-0.25, -0.2) is 0 Å². The molecule has 1 fully saturated rings. The van der Waals surface area contributed by atoms with Gasteiger partial charge in [-0.05, 0) is 55.9 Å². The Hall–Kier alpha value is -1.35. The van der Waals surface area contributed by atoms with E-state index in [0.29, 0.717) is 12.3 Å². The van der Waals surface area contributed by atoms with Crippen LogP contribution >= 0.6 is 0 Å². The third-order valence-corrected chi connectivity index (χ3v) is 4.32. The van der Waals surface area contributed by atoms with Crippen LogP contribution in [0.2, 0.25) is 0 Å². The minimum atomic E-state index is 0.0391. The number of benzene rings is 1. The summed E-state index contributed by atoms with van der Waals surface area (Å²) in [7, 11) is 2.15. The van der Waals surface area contributed by atoms with Crippen molar-refractivity contribution in [1.29, 1.82) is 0 Å². The zero-order valence-corrected chi connectivity index (χ0v) is 13.8. The van der Waals surface area contributed by atoms with Crippen molar-refractivity contribution in [2.24, 2.45) is 5.92 Å². The molecule has 0 spiro atoms. The molecule has 1 aromatic rings. The van der Waals surface area contributed by atoms with E-state index in [1.54, 1.807) is 0 Å². The number of likely N-dealkylation sites (tertiary alicyclic amines) is 1. The number of carbonyl (C=O) groups excluding carboxylic acids is 1. The second-order valence-electron chi connectivity index (χ2n) is 7.29. The van der Waals surface area contributed by atoms with Crippen molar-refractivity contribution in [1.82, 2.24) is 4.90 Å². The van der Waals surface area contributed by atoms with E-state index >= 15 is 0 Å². The molecule has 1 heterocycles. The lowest BCUT2D eigenvalue weighted by atomic mass is 9.85. The second kappa shape index (κ2) is 6.61. The Balaban J connectivity index is 1.97. The van der Waals surface area contributed by atoms with E-state index in [4.69, 9.17) is 0 Å². The predicted octanol–water partition coefficient (Wildman–Crippen LogP) is 3.65. The smallest absolute Gasteiger partial charge is 0.224 e. The van der Waals surface area contributed by atoms with Gasteiger partial charge in [-0.2, -0.15) is 0 Å². The average Bonchev–Trinajstić information content (AvgIpc) is 2.41. The van der Waals surface area contributed by atoms with Crippen LogP contribution in [0.25, 0.3) is 0 Å². The molecule has 21 heavy (non-hydrogen) atoms. The number of piperidine rings is 1. The summed E-state index contributed by atoms with van der Waals surface area (Å²) in [5, 5.41) is 3.12. The predicted molar refractivity (Wildman–Crippen MR) is 88.6 cm³/mol. The first kappa shape index (κ1) is 16.0. The van der Waals surface area contributed by atoms with Gasteiger partial charge >= 0.3 is 0 Å². The van der Waals surface area contributed by atoms with Gasteiger partial charge in [0.25, 0.3) is 0 Å². The van der Waals surface area contributed by atoms with E-state index in [1.807, 2.05) is 18.2 Å². The van der Waals surface area contributed by atoms with E-state index in [-0.39, 0.29) is 11.3 Å². The number of hydrogen-bond donors (Lipinski definition) is 1. The minimum Gasteiger partial charge on any atom is -0.326 e. The SMILES string of the molecule is CN1CCC(CC(=O)Nc2ccccc2C(C)(C)C)CC1. The number of carbonyl (C=O) groups is 1. The summed E-state index contributed by atoms with van der Waals surface area (Å²) in [6, 6.07) is 8.13. The van der Waals surface area contributed by atoms with E-state index < -0.39 is 0 Å². The highest BCUT2D eigenvalue weighted by Crippen LogP contribution is 2.29. The van der Waals surface area contributed by atoms with Crippen molar-refractivity contribution in [3.8, 4) is 0 Å². The Bertz CT molecular complexity index is 482. The van der Waals surface area contributed by atoms with Gasteiger partial charge in [0.05, 0.1) is 0 Å². The zero-order chi connectivity index (χ0) is 15.5. The van der Waals surface area contributed by atoms with Crippen molar-refractivity contribution in [3.63, 3.8) is 0 Å². The Labute approximate surface area is 128 Å². The van der Waals surface area contributed by atoms with Crippen LogP contribution in [0.1, 0.15) is 45.6 Å². The molecule has 2 rings (SSSR count). The third kappa shape index (κ3) is 4.57. The molecule has 1 aromatic carbocycles. The molecule has 0 bridgehead atoms. The van der Waals surface area contributed by atoms with E-state index in [2.05, 4.69) is 44.1 Å². The molecular weight excluding hydrogens is 260 g/mol. The molecule has 1 saturated heterocycles. The molecule has 0 aliphatic carbocycles. The molecule has 0 radical (unpaired) electrons. The number of nitrogens with one attached hydrogen (secondary N) is 1. The van der Waals surface area contributed by atoms with E-state index in [0.717, 1.165) is 31.6 Å². The van der Waals surface area contributed by atoms with Crippen LogP contribution in [0.3, 0.4) is 0 Å². The van der Waals surface area contributed by atoms with Gasteiger partial charge in [0.15, 0.2) is 0 Å². The average molecular weight is 288 g/mol. The maximum Gasteiger partial charge on any atom is 0.224 e. The first-order valence-electron chi connectivity index (χ1n) is 7.94. The van der Waals surface area contributed by atoms with Crippen molar-refractivity contribution < 1.29 is 4.79 Å². The first-order valence-corrected chi connectivity index (χ1v) is 7.94. The van der Waals surface area contributed by atoms with Crippen LogP contribution < -0.4 is 5.32 Å². The highest BCUT2D eigenvalue weighted by atomic mass is 16.1. The number of anilines is 1. The van der Waals surface area contributed by atoms with E-state index in [9.17, 15) is 4.79 Å². The van der Waals surface area contributed by atoms with Crippen LogP contribution in [0.4, 0.5) is 5.69 Å². The molecule has 0 aromatic heterocycles. The summed E-state index contributed by atoms with van der Waals surface area (Å²) in [6.45, 7) is 8.74. The molecule has 3 heteroatoms. The maximum atomic E-state index is 12.3. The van der Waals surface area contributed by atoms with Crippen molar-refractivity contribution >= 4 is 11.6 Å². The number of hydrogen-bond acceptors (Lipinski definition) is 2. The number of nitrogens with zero attached hydrogens (tertiary/aromatic N) is 1. The highest BCUT2D eigenvalue weighted by Gasteiger charge is 2.22. The Morgan fingerprint density at radius 3 is 2.48 bits per heavy atom. The largest absolute Gasteiger partial charge is 0.326 e. The summed E-state index contributed by atoms with van der Waals surface area (Å²) >= 11 is 0. The van der Waals surface area contributed by atoms with Crippen molar-refractivity contribution in [2.75, 3.05) is 25.5 Å². The summed E-state index contributed by atoms with van der Waals surface area (Å²) in [6.07, 6.45) is 2.90. The van der Waals surface area contributed by atoms with Crippen LogP contribution in [0.15, 0.2) is 24.3 Å². The van der Waals surface area contributed by atoms with Crippen LogP contribution in [0, 0.1) is 5.92 Å². The Morgan fingerprint density at radius 1 is 1.24 bits per heavy atom. The first-order chi connectivity index (χ1) is 9.86. The fourth-order valence-electron chi connectivity index (χ4n) is 2.98. The number of para-hydroxylation sites is 1. The van der Waals surface area contributed by atoms with Crippen LogP contribution in [0.5, 0.6) is 0 Å². The molecule has 1 amide bonds. The van der Waals surface area contributed by atoms with Gasteiger partial charge in [-0.3, -0.25) is 4.79 Å². The van der Waals surface area contributed by atoms with Crippen molar-refractivity contribution in [2.45, 2.75) is 45.4 Å². The molecule has 116 valence electrons. The lowest BCUT2D eigenvalue weighted by Gasteiger charge is -2.29. The minimum absolute atomic E-state index is 0.0391. The fourth-order valence-corrected chi connectivity index (χ4v) is 2.98. The maximum absolute atomic E-state index is 12.3. The molecule has 1 aliphatic heterocycles. The number of amides is 1. The molecular formula is C18H28N2O. The van der Waals surface area contributed by atoms with Gasteiger partial charge in [-0.15, -0.1) is 0 Å². The van der Waals surface area contributed by atoms with E-state index in [1.165, 1.54) is 5.56 Å². The summed E-state index contributed by atoms with van der Waals surface area (Å²) in [5.41, 5.74) is 2.20. The van der Waals surface area contributed by atoms with Gasteiger partial charge in [0, 0.05) is 12.1 Å². The summed E-state index contributed by atoms with van der Waals surface area (Å²) in [4.78, 5) is 14.7. The lowest BCUT2D eigenvalue weighted by molar-refractivity contribution is -0.117. The molecule has 1 N–H and O–H groups in total. The van der Waals surface area contributed by atoms with Crippen LogP contribution in [-0.2, 0) is 10.2 Å². The van der Waals surface area contributed by atoms with Crippen LogP contribution in [-0.4, -0.2) is 30.9 Å². The van der Waals surface area contributed by atoms with Gasteiger partial charge < -0.3 is 10.2 Å². The van der Waals surface area contributed by atoms with Gasteiger partial charge in [0.1, 0.15) is 0 Å². The summed E-state index contributed by atoms with van der Waals surface area (Å²) in [5.74, 6) is 0.684. The summed E-state index contributed by atoms with van der Waals surface area (Å²) < 4.78 is 0. The third-order valence-electron chi connectivity index (χ3n) is 4.32. The standard InChI is InChI=1S/C18H28N2O/c1-18(2,3)15-7-5-6-8-16(15)19-17(21)13-14-9-11-20(4)12-10-14/h5-8,14H,9-13H2,1-4H3,(H,19,21). The second-order valence-corrected chi connectivity index (χ2v) is 7.29. The fraction of sp³-hybridized carbons (Fsp3) is 0.611. The quantitative estimate of drug-likeness (QED) is 0.920. The number of rotatable bonds is 3. The normalized spacial score (nSPS) is 17.7. The Morgan fingerprint density at radius 2 is 1.86 bits per heavy atom. The molecule has 0 atom stereocenters. The monoisotopic (exact) mass is 288 g/mol. The zero-order valence-electron chi connectivity index (χ0n) is 13.8. The topological polar surface area (TPSA) is 32.3 Å². The molecule has 0 saturated carbocycles. The molecule has 0 unspecified atom stereocenters. The lowest BCUT2D eigenvalue weighted by Crippen LogP contribution is -2.32. The highest BCUT2D eigenvalue weighted by molar-refractivity contribution is 5.91. The van der Waals surface area contributed by atoms with Gasteiger partial charge in [0.2, 0.25) is 5.91 Å².